The number of rotatable bonds is 8. The SMILES string of the molecule is CN=C(NCCCCN(C)C(C)C)NCc1sc(C)nc1C.I. The lowest BCUT2D eigenvalue weighted by Crippen LogP contribution is -2.37. The van der Waals surface area contributed by atoms with Gasteiger partial charge in [-0.1, -0.05) is 0 Å². The van der Waals surface area contributed by atoms with E-state index < -0.39 is 0 Å². The van der Waals surface area contributed by atoms with E-state index in [4.69, 9.17) is 0 Å². The Balaban J connectivity index is 0.00000484. The highest BCUT2D eigenvalue weighted by molar-refractivity contribution is 14.0. The lowest BCUT2D eigenvalue weighted by molar-refractivity contribution is 0.268. The van der Waals surface area contributed by atoms with Gasteiger partial charge in [-0.05, 0) is 54.1 Å². The molecule has 1 aromatic heterocycles. The van der Waals surface area contributed by atoms with Gasteiger partial charge in [0.1, 0.15) is 0 Å². The Morgan fingerprint density at radius 1 is 1.26 bits per heavy atom. The van der Waals surface area contributed by atoms with Gasteiger partial charge in [0.15, 0.2) is 5.96 Å². The first-order valence-electron chi connectivity index (χ1n) is 8.01. The fourth-order valence-electron chi connectivity index (χ4n) is 2.07. The molecule has 1 heterocycles. The zero-order valence-electron chi connectivity index (χ0n) is 15.3. The first kappa shape index (κ1) is 22.6. The zero-order chi connectivity index (χ0) is 16.5. The van der Waals surface area contributed by atoms with Gasteiger partial charge in [0, 0.05) is 24.5 Å². The monoisotopic (exact) mass is 453 g/mol. The van der Waals surface area contributed by atoms with E-state index in [1.54, 1.807) is 11.3 Å². The molecule has 0 aromatic carbocycles. The van der Waals surface area contributed by atoms with Gasteiger partial charge in [0.25, 0.3) is 0 Å². The highest BCUT2D eigenvalue weighted by Gasteiger charge is 2.06. The minimum atomic E-state index is 0. The van der Waals surface area contributed by atoms with E-state index in [1.807, 2.05) is 14.0 Å². The fraction of sp³-hybridized carbons (Fsp3) is 0.750. The molecule has 0 saturated heterocycles. The molecule has 0 saturated carbocycles. The second-order valence-corrected chi connectivity index (χ2v) is 7.16. The van der Waals surface area contributed by atoms with Crippen LogP contribution in [0.1, 0.15) is 42.3 Å². The van der Waals surface area contributed by atoms with Crippen molar-refractivity contribution in [3.8, 4) is 0 Å². The maximum absolute atomic E-state index is 4.45. The van der Waals surface area contributed by atoms with E-state index in [1.165, 1.54) is 11.3 Å². The summed E-state index contributed by atoms with van der Waals surface area (Å²) >= 11 is 1.74. The predicted octanol–water partition coefficient (Wildman–Crippen LogP) is 3.16. The average molecular weight is 453 g/mol. The van der Waals surface area contributed by atoms with Gasteiger partial charge < -0.3 is 15.5 Å². The van der Waals surface area contributed by atoms with E-state index in [0.717, 1.165) is 42.7 Å². The molecule has 0 atom stereocenters. The van der Waals surface area contributed by atoms with Gasteiger partial charge in [-0.3, -0.25) is 4.99 Å². The molecule has 1 aromatic rings. The Morgan fingerprint density at radius 3 is 2.48 bits per heavy atom. The maximum Gasteiger partial charge on any atom is 0.191 e. The van der Waals surface area contributed by atoms with Crippen LogP contribution in [-0.4, -0.2) is 49.1 Å². The van der Waals surface area contributed by atoms with Crippen LogP contribution in [0.4, 0.5) is 0 Å². The van der Waals surface area contributed by atoms with Gasteiger partial charge in [0.05, 0.1) is 17.2 Å². The number of unbranched alkanes of at least 4 members (excludes halogenated alkanes) is 1. The number of aryl methyl sites for hydroxylation is 2. The number of guanidine groups is 1. The molecular weight excluding hydrogens is 421 g/mol. The molecule has 1 rings (SSSR count). The number of hydrogen-bond acceptors (Lipinski definition) is 4. The van der Waals surface area contributed by atoms with E-state index >= 15 is 0 Å². The van der Waals surface area contributed by atoms with Crippen molar-refractivity contribution in [2.75, 3.05) is 27.2 Å². The smallest absolute Gasteiger partial charge is 0.191 e. The molecular formula is C16H32IN5S. The molecule has 0 unspecified atom stereocenters. The van der Waals surface area contributed by atoms with Crippen LogP contribution in [0.5, 0.6) is 0 Å². The molecule has 134 valence electrons. The lowest BCUT2D eigenvalue weighted by Gasteiger charge is -2.20. The quantitative estimate of drug-likeness (QED) is 0.275. The summed E-state index contributed by atoms with van der Waals surface area (Å²) in [5.41, 5.74) is 1.11. The van der Waals surface area contributed by atoms with Crippen LogP contribution in [0.15, 0.2) is 4.99 Å². The molecule has 0 fully saturated rings. The standard InChI is InChI=1S/C16H31N5S.HI/c1-12(2)21(6)10-8-7-9-18-16(17-5)19-11-15-13(3)20-14(4)22-15;/h12H,7-11H2,1-6H3,(H2,17,18,19);1H. The third kappa shape index (κ3) is 8.85. The summed E-state index contributed by atoms with van der Waals surface area (Å²) in [6.45, 7) is 11.4. The van der Waals surface area contributed by atoms with Crippen molar-refractivity contribution >= 4 is 41.3 Å². The number of nitrogens with one attached hydrogen (secondary N) is 2. The largest absolute Gasteiger partial charge is 0.356 e. The molecule has 0 aliphatic heterocycles. The topological polar surface area (TPSA) is 52.6 Å². The van der Waals surface area contributed by atoms with E-state index in [9.17, 15) is 0 Å². The van der Waals surface area contributed by atoms with Gasteiger partial charge in [-0.25, -0.2) is 4.98 Å². The predicted molar refractivity (Wildman–Crippen MR) is 112 cm³/mol. The first-order valence-corrected chi connectivity index (χ1v) is 8.83. The molecule has 7 heteroatoms. The van der Waals surface area contributed by atoms with Crippen LogP contribution in [0.3, 0.4) is 0 Å². The molecule has 5 nitrogen and oxygen atoms in total. The maximum atomic E-state index is 4.45. The number of nitrogens with zero attached hydrogens (tertiary/aromatic N) is 3. The third-order valence-corrected chi connectivity index (χ3v) is 4.82. The van der Waals surface area contributed by atoms with Crippen molar-refractivity contribution in [2.45, 2.75) is 53.1 Å². The van der Waals surface area contributed by atoms with Crippen LogP contribution < -0.4 is 10.6 Å². The van der Waals surface area contributed by atoms with Crippen LogP contribution in [0.25, 0.3) is 0 Å². The van der Waals surface area contributed by atoms with Crippen molar-refractivity contribution in [1.82, 2.24) is 20.5 Å². The Labute approximate surface area is 162 Å². The highest BCUT2D eigenvalue weighted by atomic mass is 127. The highest BCUT2D eigenvalue weighted by Crippen LogP contribution is 2.16. The average Bonchev–Trinajstić information content (AvgIpc) is 2.79. The second-order valence-electron chi connectivity index (χ2n) is 5.88. The summed E-state index contributed by atoms with van der Waals surface area (Å²) in [6, 6.07) is 0.619. The Bertz CT molecular complexity index is 473. The van der Waals surface area contributed by atoms with Gasteiger partial charge in [-0.15, -0.1) is 35.3 Å². The van der Waals surface area contributed by atoms with E-state index in [0.29, 0.717) is 6.04 Å². The van der Waals surface area contributed by atoms with Gasteiger partial charge >= 0.3 is 0 Å². The van der Waals surface area contributed by atoms with Gasteiger partial charge in [0.2, 0.25) is 0 Å². The number of aromatic nitrogens is 1. The normalized spacial score (nSPS) is 11.7. The molecule has 0 aliphatic carbocycles. The number of aliphatic imine (C=N–C) groups is 1. The Kier molecular flexibility index (Phi) is 11.8. The summed E-state index contributed by atoms with van der Waals surface area (Å²) in [4.78, 5) is 12.4. The van der Waals surface area contributed by atoms with Crippen LogP contribution in [0.2, 0.25) is 0 Å². The molecule has 0 amide bonds. The summed E-state index contributed by atoms with van der Waals surface area (Å²) in [7, 11) is 3.99. The Morgan fingerprint density at radius 2 is 1.96 bits per heavy atom. The van der Waals surface area contributed by atoms with Crippen molar-refractivity contribution in [3.05, 3.63) is 15.6 Å². The van der Waals surface area contributed by atoms with E-state index in [-0.39, 0.29) is 24.0 Å². The number of hydrogen-bond donors (Lipinski definition) is 2. The van der Waals surface area contributed by atoms with Crippen molar-refractivity contribution in [1.29, 1.82) is 0 Å². The molecule has 0 bridgehead atoms. The summed E-state index contributed by atoms with van der Waals surface area (Å²) in [6.07, 6.45) is 2.35. The van der Waals surface area contributed by atoms with Crippen LogP contribution >= 0.6 is 35.3 Å². The second kappa shape index (κ2) is 12.0. The van der Waals surface area contributed by atoms with Crippen LogP contribution in [-0.2, 0) is 6.54 Å². The van der Waals surface area contributed by atoms with Crippen molar-refractivity contribution in [3.63, 3.8) is 0 Å². The minimum Gasteiger partial charge on any atom is -0.356 e. The van der Waals surface area contributed by atoms with Gasteiger partial charge in [-0.2, -0.15) is 0 Å². The van der Waals surface area contributed by atoms with E-state index in [2.05, 4.69) is 53.3 Å². The number of halogens is 1. The summed E-state index contributed by atoms with van der Waals surface area (Å²) in [5.74, 6) is 0.864. The molecule has 23 heavy (non-hydrogen) atoms. The summed E-state index contributed by atoms with van der Waals surface area (Å²) in [5, 5.41) is 7.85. The first-order chi connectivity index (χ1) is 10.4. The molecule has 0 spiro atoms. The summed E-state index contributed by atoms with van der Waals surface area (Å²) < 4.78 is 0. The third-order valence-electron chi connectivity index (χ3n) is 3.75. The minimum absolute atomic E-state index is 0. The molecule has 0 aliphatic rings. The van der Waals surface area contributed by atoms with Crippen molar-refractivity contribution < 1.29 is 0 Å². The fourth-order valence-corrected chi connectivity index (χ4v) is 2.95. The van der Waals surface area contributed by atoms with Crippen LogP contribution in [0, 0.1) is 13.8 Å². The lowest BCUT2D eigenvalue weighted by atomic mass is 10.2. The molecule has 0 radical (unpaired) electrons. The molecule has 2 N–H and O–H groups in total. The zero-order valence-corrected chi connectivity index (χ0v) is 18.4. The Hall–Kier alpha value is -0.410. The van der Waals surface area contributed by atoms with Crippen molar-refractivity contribution in [2.24, 2.45) is 4.99 Å². The number of thiazole rings is 1.